The summed E-state index contributed by atoms with van der Waals surface area (Å²) >= 11 is 3.12. The van der Waals surface area contributed by atoms with Crippen molar-refractivity contribution >= 4 is 27.7 Å². The van der Waals surface area contributed by atoms with Crippen LogP contribution in [0.15, 0.2) is 18.2 Å². The second-order valence-corrected chi connectivity index (χ2v) is 5.05. The Kier molecular flexibility index (Phi) is 4.86. The molecule has 0 spiro atoms. The van der Waals surface area contributed by atoms with Crippen molar-refractivity contribution < 1.29 is 24.5 Å². The van der Waals surface area contributed by atoms with Gasteiger partial charge >= 0.3 is 5.97 Å². The molecule has 1 aromatic carbocycles. The highest BCUT2D eigenvalue weighted by atomic mass is 79.9. The van der Waals surface area contributed by atoms with Crippen LogP contribution in [0.2, 0.25) is 0 Å². The van der Waals surface area contributed by atoms with Gasteiger partial charge in [0.25, 0.3) is 0 Å². The van der Waals surface area contributed by atoms with E-state index in [2.05, 4.69) is 15.9 Å². The molecule has 1 aromatic rings. The maximum Gasteiger partial charge on any atom is 0.337 e. The number of aliphatic carboxylic acids is 1. The molecule has 0 aliphatic rings. The van der Waals surface area contributed by atoms with Crippen molar-refractivity contribution in [2.24, 2.45) is 0 Å². The molecule has 2 atom stereocenters. The summed E-state index contributed by atoms with van der Waals surface area (Å²) in [6.45, 7) is 1.62. The topological polar surface area (TPSA) is 83.8 Å². The molecule has 0 saturated heterocycles. The van der Waals surface area contributed by atoms with Gasteiger partial charge in [-0.2, -0.15) is 0 Å². The molecule has 0 amide bonds. The molecular weight excluding hydrogens is 304 g/mol. The third-order valence-corrected chi connectivity index (χ3v) is 2.83. The molecule has 0 bridgehead atoms. The first-order valence-electron chi connectivity index (χ1n) is 5.15. The van der Waals surface area contributed by atoms with Gasteiger partial charge in [-0.25, -0.2) is 4.79 Å². The number of hydrogen-bond acceptors (Lipinski definition) is 4. The average molecular weight is 317 g/mol. The quantitative estimate of drug-likeness (QED) is 0.639. The smallest absolute Gasteiger partial charge is 0.337 e. The predicted molar refractivity (Wildman–Crippen MR) is 68.3 cm³/mol. The molecule has 0 radical (unpaired) electrons. The fourth-order valence-electron chi connectivity index (χ4n) is 1.46. The highest BCUT2D eigenvalue weighted by molar-refractivity contribution is 9.10. The molecular formula is C12H13BrO5. The van der Waals surface area contributed by atoms with Crippen LogP contribution in [0.3, 0.4) is 0 Å². The lowest BCUT2D eigenvalue weighted by Gasteiger charge is -2.14. The molecule has 0 saturated carbocycles. The van der Waals surface area contributed by atoms with E-state index in [1.807, 2.05) is 0 Å². The maximum atomic E-state index is 12.0. The standard InChI is InChI=1S/C12H13BrO5/c1-6(13)10(14)9-5-7(18-2)3-4-8(9)11(15)12(16)17/h3-6,11,15H,1-2H3,(H,16,17). The number of halogens is 1. The van der Waals surface area contributed by atoms with Gasteiger partial charge in [0.2, 0.25) is 0 Å². The van der Waals surface area contributed by atoms with E-state index in [-0.39, 0.29) is 16.9 Å². The number of aliphatic hydroxyl groups excluding tert-OH is 1. The van der Waals surface area contributed by atoms with Gasteiger partial charge in [0.15, 0.2) is 11.9 Å². The van der Waals surface area contributed by atoms with Crippen molar-refractivity contribution in [2.45, 2.75) is 17.9 Å². The summed E-state index contributed by atoms with van der Waals surface area (Å²) in [6.07, 6.45) is -1.74. The number of rotatable bonds is 5. The molecule has 0 aliphatic heterocycles. The Morgan fingerprint density at radius 2 is 2.00 bits per heavy atom. The van der Waals surface area contributed by atoms with Crippen LogP contribution in [0.4, 0.5) is 0 Å². The Balaban J connectivity index is 3.33. The van der Waals surface area contributed by atoms with Crippen LogP contribution in [0.25, 0.3) is 0 Å². The molecule has 18 heavy (non-hydrogen) atoms. The van der Waals surface area contributed by atoms with Crippen LogP contribution in [0.1, 0.15) is 28.9 Å². The SMILES string of the molecule is COc1ccc(C(O)C(=O)O)c(C(=O)C(C)Br)c1. The number of benzene rings is 1. The fourth-order valence-corrected chi connectivity index (χ4v) is 1.71. The van der Waals surface area contributed by atoms with Crippen molar-refractivity contribution in [3.8, 4) is 5.75 Å². The number of carboxylic acids is 1. The van der Waals surface area contributed by atoms with Crippen LogP contribution >= 0.6 is 15.9 Å². The zero-order valence-corrected chi connectivity index (χ0v) is 11.5. The first-order chi connectivity index (χ1) is 8.38. The number of carbonyl (C=O) groups is 2. The molecule has 2 unspecified atom stereocenters. The summed E-state index contributed by atoms with van der Waals surface area (Å²) in [4.78, 5) is 22.3. The zero-order chi connectivity index (χ0) is 13.9. The summed E-state index contributed by atoms with van der Waals surface area (Å²) in [5, 5.41) is 18.4. The van der Waals surface area contributed by atoms with Crippen molar-refractivity contribution in [3.05, 3.63) is 29.3 Å². The van der Waals surface area contributed by atoms with E-state index in [0.29, 0.717) is 5.75 Å². The molecule has 1 rings (SSSR count). The van der Waals surface area contributed by atoms with Gasteiger partial charge in [-0.3, -0.25) is 4.79 Å². The molecule has 0 aromatic heterocycles. The molecule has 5 nitrogen and oxygen atoms in total. The Morgan fingerprint density at radius 1 is 1.39 bits per heavy atom. The first kappa shape index (κ1) is 14.7. The zero-order valence-electron chi connectivity index (χ0n) is 9.88. The number of aliphatic hydroxyl groups is 1. The largest absolute Gasteiger partial charge is 0.497 e. The number of ether oxygens (including phenoxy) is 1. The van der Waals surface area contributed by atoms with Gasteiger partial charge < -0.3 is 14.9 Å². The van der Waals surface area contributed by atoms with Crippen LogP contribution in [-0.2, 0) is 4.79 Å². The van der Waals surface area contributed by atoms with E-state index < -0.39 is 16.9 Å². The first-order valence-corrected chi connectivity index (χ1v) is 6.07. The van der Waals surface area contributed by atoms with E-state index in [1.54, 1.807) is 6.92 Å². The molecule has 0 heterocycles. The number of ketones is 1. The summed E-state index contributed by atoms with van der Waals surface area (Å²) in [7, 11) is 1.44. The van der Waals surface area contributed by atoms with Gasteiger partial charge in [-0.15, -0.1) is 0 Å². The van der Waals surface area contributed by atoms with E-state index in [4.69, 9.17) is 9.84 Å². The van der Waals surface area contributed by atoms with E-state index in [0.717, 1.165) is 0 Å². The third kappa shape index (κ3) is 3.08. The average Bonchev–Trinajstić information content (AvgIpc) is 2.35. The molecule has 98 valence electrons. The highest BCUT2D eigenvalue weighted by Gasteiger charge is 2.25. The number of methoxy groups -OCH3 is 1. The van der Waals surface area contributed by atoms with E-state index in [1.165, 1.54) is 25.3 Å². The number of hydrogen-bond donors (Lipinski definition) is 2. The van der Waals surface area contributed by atoms with Crippen molar-refractivity contribution in [1.29, 1.82) is 0 Å². The second kappa shape index (κ2) is 5.97. The normalized spacial score (nSPS) is 13.8. The summed E-state index contributed by atoms with van der Waals surface area (Å²) in [5.41, 5.74) is 0.188. The number of alkyl halides is 1. The lowest BCUT2D eigenvalue weighted by atomic mass is 9.97. The van der Waals surface area contributed by atoms with E-state index >= 15 is 0 Å². The Bertz CT molecular complexity index is 470. The summed E-state index contributed by atoms with van der Waals surface area (Å²) in [6, 6.07) is 4.29. The van der Waals surface area contributed by atoms with Crippen molar-refractivity contribution in [1.82, 2.24) is 0 Å². The van der Waals surface area contributed by atoms with Gasteiger partial charge in [0.05, 0.1) is 11.9 Å². The van der Waals surface area contributed by atoms with Crippen molar-refractivity contribution in [3.63, 3.8) is 0 Å². The second-order valence-electron chi connectivity index (χ2n) is 3.67. The molecule has 2 N–H and O–H groups in total. The van der Waals surface area contributed by atoms with Gasteiger partial charge in [-0.05, 0) is 19.1 Å². The number of carbonyl (C=O) groups excluding carboxylic acids is 1. The van der Waals surface area contributed by atoms with Crippen molar-refractivity contribution in [2.75, 3.05) is 7.11 Å². The van der Waals surface area contributed by atoms with Crippen LogP contribution in [0.5, 0.6) is 5.75 Å². The van der Waals surface area contributed by atoms with Crippen LogP contribution < -0.4 is 4.74 Å². The van der Waals surface area contributed by atoms with Crippen LogP contribution in [-0.4, -0.2) is 33.9 Å². The molecule has 0 fully saturated rings. The van der Waals surface area contributed by atoms with Gasteiger partial charge in [0.1, 0.15) is 5.75 Å². The van der Waals surface area contributed by atoms with Gasteiger partial charge in [-0.1, -0.05) is 22.0 Å². The lowest BCUT2D eigenvalue weighted by molar-refractivity contribution is -0.146. The monoisotopic (exact) mass is 316 g/mol. The summed E-state index contributed by atoms with van der Waals surface area (Å²) < 4.78 is 4.98. The third-order valence-electron chi connectivity index (χ3n) is 2.42. The highest BCUT2D eigenvalue weighted by Crippen LogP contribution is 2.26. The van der Waals surface area contributed by atoms with E-state index in [9.17, 15) is 14.7 Å². The molecule has 6 heteroatoms. The lowest BCUT2D eigenvalue weighted by Crippen LogP contribution is -2.18. The minimum atomic E-state index is -1.74. The van der Waals surface area contributed by atoms with Gasteiger partial charge in [0, 0.05) is 11.1 Å². The summed E-state index contributed by atoms with van der Waals surface area (Å²) in [5.74, 6) is -1.30. The minimum Gasteiger partial charge on any atom is -0.497 e. The molecule has 0 aliphatic carbocycles. The fraction of sp³-hybridized carbons (Fsp3) is 0.333. The Hall–Kier alpha value is -1.40. The van der Waals surface area contributed by atoms with Crippen LogP contribution in [0, 0.1) is 0 Å². The Morgan fingerprint density at radius 3 is 2.44 bits per heavy atom. The maximum absolute atomic E-state index is 12.0. The minimum absolute atomic E-state index is 0.0552. The predicted octanol–water partition coefficient (Wildman–Crippen LogP) is 1.78. The number of Topliss-reactive ketones (excluding diaryl/α,β-unsaturated/α-hetero) is 1. The Labute approximate surface area is 113 Å². The number of carboxylic acid groups (broad SMARTS) is 1.